The Morgan fingerprint density at radius 3 is 2.34 bits per heavy atom. The molecule has 3 heterocycles. The zero-order valence-electron chi connectivity index (χ0n) is 21.8. The number of nitrogens with one attached hydrogen (secondary N) is 1. The number of non-ortho nitro benzene ring substituents is 1. The molecule has 2 aliphatic heterocycles. The van der Waals surface area contributed by atoms with Gasteiger partial charge in [0.2, 0.25) is 17.7 Å². The van der Waals surface area contributed by atoms with Gasteiger partial charge in [0.15, 0.2) is 0 Å². The van der Waals surface area contributed by atoms with Crippen molar-refractivity contribution >= 4 is 104 Å². The summed E-state index contributed by atoms with van der Waals surface area (Å²) in [5.41, 5.74) is 0.774. The van der Waals surface area contributed by atoms with E-state index in [-0.39, 0.29) is 33.0 Å². The number of nitro benzene ring substituents is 1. The summed E-state index contributed by atoms with van der Waals surface area (Å²) in [7, 11) is 0. The molecule has 1 fully saturated rings. The van der Waals surface area contributed by atoms with Crippen LogP contribution in [0, 0.1) is 16.0 Å². The van der Waals surface area contributed by atoms with Gasteiger partial charge in [0.25, 0.3) is 5.69 Å². The highest BCUT2D eigenvalue weighted by Gasteiger charge is 2.57. The first-order chi connectivity index (χ1) is 21.0. The fourth-order valence-corrected chi connectivity index (χ4v) is 8.73. The van der Waals surface area contributed by atoms with Crippen LogP contribution in [-0.2, 0) is 20.9 Å². The van der Waals surface area contributed by atoms with E-state index in [1.165, 1.54) is 41.0 Å². The number of rotatable bonds is 6. The molecule has 16 heteroatoms. The van der Waals surface area contributed by atoms with E-state index >= 15 is 0 Å². The fourth-order valence-electron chi connectivity index (χ4n) is 5.25. The lowest BCUT2D eigenvalue weighted by Gasteiger charge is -2.31. The maximum Gasteiger partial charge on any atom is 0.308 e. The van der Waals surface area contributed by atoms with Crippen molar-refractivity contribution in [3.8, 4) is 0 Å². The van der Waals surface area contributed by atoms with Crippen LogP contribution in [0.4, 0.5) is 17.1 Å². The number of halogens is 4. The molecule has 0 spiro atoms. The topological polar surface area (TPSA) is 132 Å². The Hall–Kier alpha value is -3.39. The van der Waals surface area contributed by atoms with Gasteiger partial charge >= 0.3 is 4.87 Å². The molecule has 224 valence electrons. The zero-order chi connectivity index (χ0) is 31.4. The number of fused-ring (bicyclic) bond motifs is 2. The quantitative estimate of drug-likeness (QED) is 0.131. The second kappa shape index (κ2) is 11.8. The van der Waals surface area contributed by atoms with Crippen molar-refractivity contribution in [3.63, 3.8) is 0 Å². The number of anilines is 2. The van der Waals surface area contributed by atoms with Gasteiger partial charge in [-0.3, -0.25) is 33.9 Å². The van der Waals surface area contributed by atoms with E-state index < -0.39 is 44.6 Å². The maximum absolute atomic E-state index is 14.0. The lowest BCUT2D eigenvalue weighted by molar-refractivity contribution is -0.384. The lowest BCUT2D eigenvalue weighted by Crippen LogP contribution is -2.33. The van der Waals surface area contributed by atoms with Crippen LogP contribution in [0.2, 0.25) is 20.1 Å². The minimum atomic E-state index is -0.997. The van der Waals surface area contributed by atoms with Crippen molar-refractivity contribution in [2.75, 3.05) is 10.2 Å². The van der Waals surface area contributed by atoms with Gasteiger partial charge in [-0.05, 0) is 42.0 Å². The van der Waals surface area contributed by atoms with E-state index in [4.69, 9.17) is 46.4 Å². The molecular formula is C28H16Cl4N4O6S2. The predicted octanol–water partition coefficient (Wildman–Crippen LogP) is 6.87. The van der Waals surface area contributed by atoms with Gasteiger partial charge in [-0.2, -0.15) is 0 Å². The molecule has 0 saturated carbocycles. The Balaban J connectivity index is 1.42. The van der Waals surface area contributed by atoms with E-state index in [1.807, 2.05) is 0 Å². The number of thiazole rings is 1. The van der Waals surface area contributed by atoms with E-state index in [2.05, 4.69) is 5.32 Å². The zero-order valence-corrected chi connectivity index (χ0v) is 26.5. The fraction of sp³-hybridized carbons (Fsp3) is 0.143. The van der Waals surface area contributed by atoms with E-state index in [0.29, 0.717) is 26.2 Å². The van der Waals surface area contributed by atoms with E-state index in [0.717, 1.165) is 28.0 Å². The number of benzene rings is 3. The van der Waals surface area contributed by atoms with Gasteiger partial charge in [-0.15, -0.1) is 0 Å². The first kappa shape index (κ1) is 30.6. The van der Waals surface area contributed by atoms with Gasteiger partial charge in [0.05, 0.1) is 41.6 Å². The van der Waals surface area contributed by atoms with Crippen LogP contribution in [0.3, 0.4) is 0 Å². The Morgan fingerprint density at radius 1 is 0.932 bits per heavy atom. The molecule has 6 rings (SSSR count). The average molecular weight is 710 g/mol. The molecule has 0 radical (unpaired) electrons. The third kappa shape index (κ3) is 5.29. The van der Waals surface area contributed by atoms with Gasteiger partial charge in [-0.1, -0.05) is 81.6 Å². The molecule has 1 N–H and O–H groups in total. The monoisotopic (exact) mass is 708 g/mol. The molecule has 3 atom stereocenters. The summed E-state index contributed by atoms with van der Waals surface area (Å²) >= 11 is 26.9. The van der Waals surface area contributed by atoms with E-state index in [9.17, 15) is 29.3 Å². The van der Waals surface area contributed by atoms with Crippen LogP contribution in [0.25, 0.3) is 0 Å². The third-order valence-corrected chi connectivity index (χ3v) is 11.4. The van der Waals surface area contributed by atoms with Crippen LogP contribution in [0.15, 0.2) is 70.5 Å². The van der Waals surface area contributed by atoms with E-state index in [1.54, 1.807) is 24.3 Å². The number of hydrogen-bond donors (Lipinski definition) is 1. The number of thioether (sulfide) groups is 1. The largest absolute Gasteiger partial charge is 0.324 e. The summed E-state index contributed by atoms with van der Waals surface area (Å²) in [6, 6.07) is 14.5. The molecule has 10 nitrogen and oxygen atoms in total. The van der Waals surface area contributed by atoms with Gasteiger partial charge < -0.3 is 5.32 Å². The number of nitro groups is 1. The highest BCUT2D eigenvalue weighted by Crippen LogP contribution is 2.55. The van der Waals surface area contributed by atoms with Crippen LogP contribution < -0.4 is 15.1 Å². The summed E-state index contributed by atoms with van der Waals surface area (Å²) in [5.74, 6) is -3.50. The highest BCUT2D eigenvalue weighted by atomic mass is 35.5. The summed E-state index contributed by atoms with van der Waals surface area (Å²) in [6.07, 6.45) is 0. The molecule has 0 bridgehead atoms. The number of nitrogens with zero attached hydrogens (tertiary/aromatic N) is 3. The van der Waals surface area contributed by atoms with Crippen LogP contribution in [-0.4, -0.2) is 32.5 Å². The van der Waals surface area contributed by atoms with Crippen molar-refractivity contribution in [1.29, 1.82) is 0 Å². The molecule has 2 aliphatic rings. The second-order valence-electron chi connectivity index (χ2n) is 9.77. The van der Waals surface area contributed by atoms with Crippen LogP contribution in [0.5, 0.6) is 0 Å². The third-order valence-electron chi connectivity index (χ3n) is 7.19. The Kier molecular flexibility index (Phi) is 8.24. The normalized spacial score (nSPS) is 19.1. The summed E-state index contributed by atoms with van der Waals surface area (Å²) in [4.78, 5) is 65.8. The number of imide groups is 1. The Bertz CT molecular complexity index is 1950. The van der Waals surface area contributed by atoms with Crippen molar-refractivity contribution in [3.05, 3.63) is 111 Å². The van der Waals surface area contributed by atoms with Gasteiger partial charge in [0, 0.05) is 28.6 Å². The molecule has 3 amide bonds. The van der Waals surface area contributed by atoms with Gasteiger partial charge in [-0.25, -0.2) is 4.90 Å². The number of aromatic nitrogens is 1. The van der Waals surface area contributed by atoms with Crippen molar-refractivity contribution in [2.45, 2.75) is 22.7 Å². The molecule has 0 unspecified atom stereocenters. The lowest BCUT2D eigenvalue weighted by atomic mass is 9.83. The average Bonchev–Trinajstić information content (AvgIpc) is 3.42. The first-order valence-corrected chi connectivity index (χ1v) is 15.9. The van der Waals surface area contributed by atoms with Gasteiger partial charge in [0.1, 0.15) is 11.8 Å². The summed E-state index contributed by atoms with van der Waals surface area (Å²) < 4.78 is 1.26. The number of carbonyl (C=O) groups is 3. The summed E-state index contributed by atoms with van der Waals surface area (Å²) in [6.45, 7) is -0.389. The Labute approximate surface area is 276 Å². The van der Waals surface area contributed by atoms with Crippen LogP contribution in [0.1, 0.15) is 16.4 Å². The number of amides is 3. The number of carbonyl (C=O) groups excluding carboxylic acids is 3. The van der Waals surface area contributed by atoms with Crippen molar-refractivity contribution in [2.24, 2.45) is 5.92 Å². The van der Waals surface area contributed by atoms with Crippen molar-refractivity contribution < 1.29 is 19.3 Å². The molecular weight excluding hydrogens is 694 g/mol. The minimum Gasteiger partial charge on any atom is -0.324 e. The molecule has 1 aromatic heterocycles. The smallest absolute Gasteiger partial charge is 0.308 e. The maximum atomic E-state index is 14.0. The summed E-state index contributed by atoms with van der Waals surface area (Å²) in [5, 5.41) is 14.1. The predicted molar refractivity (Wildman–Crippen MR) is 171 cm³/mol. The Morgan fingerprint density at radius 2 is 1.66 bits per heavy atom. The molecule has 1 saturated heterocycles. The minimum absolute atomic E-state index is 0.162. The second-order valence-corrected chi connectivity index (χ2v) is 13.5. The number of hydrogen-bond acceptors (Lipinski definition) is 8. The molecule has 44 heavy (non-hydrogen) atoms. The highest BCUT2D eigenvalue weighted by molar-refractivity contribution is 8.00. The SMILES string of the molecule is O=C(Cn1c2c(sc1=O)[C@@H](c1cccc(Cl)c1Cl)[C@@H]1C(=O)N(c3ccc([N+](=O)[O-])cc3)C(=O)[C@@H]1S2)Nc1ccc(Cl)c(Cl)c1. The molecule has 3 aromatic carbocycles. The molecule has 4 aromatic rings. The standard InChI is InChI=1S/C28H16Cl4N4O6S2/c29-16-9-4-12(10-18(16)31)33-19(37)11-34-27-24(44-28(34)40)20(15-2-1-3-17(30)22(15)32)21-23(43-27)26(39)35(25(21)38)13-5-7-14(8-6-13)36(41)42/h1-10,20-21,23H,11H2,(H,33,37)/t20-,21-,23+/m0/s1. The first-order valence-electron chi connectivity index (χ1n) is 12.7. The van der Waals surface area contributed by atoms with Crippen LogP contribution >= 0.6 is 69.5 Å². The van der Waals surface area contributed by atoms with Crippen molar-refractivity contribution in [1.82, 2.24) is 4.57 Å². The molecule has 0 aliphatic carbocycles.